The molecule has 1 saturated carbocycles. The van der Waals surface area contributed by atoms with Crippen molar-refractivity contribution in [1.82, 2.24) is 0 Å². The molecule has 1 heteroatoms. The van der Waals surface area contributed by atoms with Crippen LogP contribution < -0.4 is 0 Å². The van der Waals surface area contributed by atoms with Crippen LogP contribution in [0.1, 0.15) is 52.4 Å². The Kier molecular flexibility index (Phi) is 3.77. The van der Waals surface area contributed by atoms with E-state index in [2.05, 4.69) is 13.8 Å². The summed E-state index contributed by atoms with van der Waals surface area (Å²) in [5.74, 6) is 1.59. The van der Waals surface area contributed by atoms with Crippen molar-refractivity contribution < 1.29 is 4.79 Å². The van der Waals surface area contributed by atoms with E-state index in [0.29, 0.717) is 17.6 Å². The van der Waals surface area contributed by atoms with E-state index in [-0.39, 0.29) is 0 Å². The van der Waals surface area contributed by atoms with Crippen molar-refractivity contribution in [2.45, 2.75) is 52.4 Å². The van der Waals surface area contributed by atoms with E-state index in [1.165, 1.54) is 19.3 Å². The quantitative estimate of drug-likeness (QED) is 0.616. The molecule has 1 atom stereocenters. The van der Waals surface area contributed by atoms with Gasteiger partial charge in [-0.1, -0.05) is 33.1 Å². The van der Waals surface area contributed by atoms with E-state index in [1.54, 1.807) is 0 Å². The summed E-state index contributed by atoms with van der Waals surface area (Å²) in [6, 6.07) is 0. The molecule has 1 nitrogen and oxygen atoms in total. The van der Waals surface area contributed by atoms with E-state index in [4.69, 9.17) is 0 Å². The van der Waals surface area contributed by atoms with Crippen LogP contribution in [0.4, 0.5) is 0 Å². The highest BCUT2D eigenvalue weighted by Crippen LogP contribution is 2.29. The fourth-order valence-electron chi connectivity index (χ4n) is 1.84. The number of hydrogen-bond donors (Lipinski definition) is 0. The molecule has 0 aliphatic heterocycles. The minimum atomic E-state index is 0.448. The minimum absolute atomic E-state index is 0.448. The molecule has 0 amide bonds. The van der Waals surface area contributed by atoms with Gasteiger partial charge in [0.25, 0.3) is 0 Å². The lowest BCUT2D eigenvalue weighted by Crippen LogP contribution is -2.23. The van der Waals surface area contributed by atoms with Crippen molar-refractivity contribution in [1.29, 1.82) is 0 Å². The van der Waals surface area contributed by atoms with E-state index < -0.39 is 0 Å². The Morgan fingerprint density at radius 2 is 2.17 bits per heavy atom. The van der Waals surface area contributed by atoms with Crippen molar-refractivity contribution in [3.05, 3.63) is 0 Å². The maximum Gasteiger partial charge on any atom is 0.136 e. The molecule has 0 aromatic carbocycles. The van der Waals surface area contributed by atoms with Gasteiger partial charge in [-0.05, 0) is 18.8 Å². The lowest BCUT2D eigenvalue weighted by atomic mass is 9.79. The van der Waals surface area contributed by atoms with Gasteiger partial charge >= 0.3 is 0 Å². The number of rotatable bonds is 5. The maximum absolute atomic E-state index is 11.5. The van der Waals surface area contributed by atoms with Crippen LogP contribution in [-0.2, 0) is 4.79 Å². The van der Waals surface area contributed by atoms with Crippen LogP contribution in [0.5, 0.6) is 0 Å². The van der Waals surface area contributed by atoms with Crippen molar-refractivity contribution in [3.8, 4) is 0 Å². The van der Waals surface area contributed by atoms with Gasteiger partial charge in [0.1, 0.15) is 5.78 Å². The summed E-state index contributed by atoms with van der Waals surface area (Å²) in [5.41, 5.74) is 0. The van der Waals surface area contributed by atoms with Crippen molar-refractivity contribution >= 4 is 5.78 Å². The molecule has 0 saturated heterocycles. The Hall–Kier alpha value is -0.330. The predicted octanol–water partition coefficient (Wildman–Crippen LogP) is 3.18. The number of carbonyl (C=O) groups excluding carboxylic acids is 1. The molecule has 0 heterocycles. The van der Waals surface area contributed by atoms with Crippen LogP contribution in [-0.4, -0.2) is 5.78 Å². The van der Waals surface area contributed by atoms with Crippen LogP contribution >= 0.6 is 0 Å². The highest BCUT2D eigenvalue weighted by Gasteiger charge is 2.25. The average molecular weight is 168 g/mol. The largest absolute Gasteiger partial charge is 0.299 e. The zero-order valence-electron chi connectivity index (χ0n) is 8.31. The molecule has 1 aliphatic carbocycles. The van der Waals surface area contributed by atoms with E-state index in [1.807, 2.05) is 0 Å². The molecule has 1 unspecified atom stereocenters. The predicted molar refractivity (Wildman–Crippen MR) is 51.0 cm³/mol. The molecule has 0 aromatic heterocycles. The van der Waals surface area contributed by atoms with Crippen LogP contribution in [0.3, 0.4) is 0 Å². The van der Waals surface area contributed by atoms with Crippen molar-refractivity contribution in [3.63, 3.8) is 0 Å². The molecule has 0 spiro atoms. The average Bonchev–Trinajstić information content (AvgIpc) is 1.82. The summed E-state index contributed by atoms with van der Waals surface area (Å²) >= 11 is 0. The van der Waals surface area contributed by atoms with Gasteiger partial charge in [-0.15, -0.1) is 0 Å². The highest BCUT2D eigenvalue weighted by atomic mass is 16.1. The first kappa shape index (κ1) is 9.76. The molecular weight excluding hydrogens is 148 g/mol. The molecule has 0 radical (unpaired) electrons. The third kappa shape index (κ3) is 2.62. The first-order valence-electron chi connectivity index (χ1n) is 5.26. The van der Waals surface area contributed by atoms with E-state index in [0.717, 1.165) is 19.3 Å². The molecular formula is C11H20O. The standard InChI is InChI=1S/C11H20O/c1-3-5-9(2)8-11(12)10-6-4-7-10/h9-10H,3-8H2,1-2H3. The summed E-state index contributed by atoms with van der Waals surface area (Å²) < 4.78 is 0. The highest BCUT2D eigenvalue weighted by molar-refractivity contribution is 5.81. The lowest BCUT2D eigenvalue weighted by molar-refractivity contribution is -0.126. The van der Waals surface area contributed by atoms with Crippen molar-refractivity contribution in [2.75, 3.05) is 0 Å². The topological polar surface area (TPSA) is 17.1 Å². The number of hydrogen-bond acceptors (Lipinski definition) is 1. The van der Waals surface area contributed by atoms with Gasteiger partial charge in [-0.2, -0.15) is 0 Å². The van der Waals surface area contributed by atoms with Crippen LogP contribution in [0, 0.1) is 11.8 Å². The van der Waals surface area contributed by atoms with Gasteiger partial charge in [0.15, 0.2) is 0 Å². The minimum Gasteiger partial charge on any atom is -0.299 e. The second-order valence-electron chi connectivity index (χ2n) is 4.19. The Labute approximate surface area is 75.5 Å². The molecule has 12 heavy (non-hydrogen) atoms. The fourth-order valence-corrected chi connectivity index (χ4v) is 1.84. The van der Waals surface area contributed by atoms with Crippen LogP contribution in [0.25, 0.3) is 0 Å². The van der Waals surface area contributed by atoms with Crippen LogP contribution in [0.2, 0.25) is 0 Å². The van der Waals surface area contributed by atoms with Gasteiger partial charge in [0.2, 0.25) is 0 Å². The first-order chi connectivity index (χ1) is 5.74. The molecule has 1 rings (SSSR count). The first-order valence-corrected chi connectivity index (χ1v) is 5.26. The molecule has 1 fully saturated rings. The number of ketones is 1. The summed E-state index contributed by atoms with van der Waals surface area (Å²) in [4.78, 5) is 11.5. The molecule has 1 aliphatic rings. The molecule has 0 aromatic rings. The van der Waals surface area contributed by atoms with E-state index >= 15 is 0 Å². The second-order valence-corrected chi connectivity index (χ2v) is 4.19. The third-order valence-corrected chi connectivity index (χ3v) is 2.89. The lowest BCUT2D eigenvalue weighted by Gasteiger charge is -2.25. The maximum atomic E-state index is 11.5. The molecule has 0 N–H and O–H groups in total. The number of carbonyl (C=O) groups is 1. The van der Waals surface area contributed by atoms with Crippen LogP contribution in [0.15, 0.2) is 0 Å². The normalized spacial score (nSPS) is 20.2. The Bertz CT molecular complexity index is 147. The summed E-state index contributed by atoms with van der Waals surface area (Å²) in [6.45, 7) is 4.38. The van der Waals surface area contributed by atoms with Gasteiger partial charge < -0.3 is 0 Å². The smallest absolute Gasteiger partial charge is 0.136 e. The summed E-state index contributed by atoms with van der Waals surface area (Å²) in [5, 5.41) is 0. The molecule has 0 bridgehead atoms. The fraction of sp³-hybridized carbons (Fsp3) is 0.909. The monoisotopic (exact) mass is 168 g/mol. The Morgan fingerprint density at radius 1 is 1.50 bits per heavy atom. The molecule has 70 valence electrons. The summed E-state index contributed by atoms with van der Waals surface area (Å²) in [6.07, 6.45) is 6.85. The zero-order chi connectivity index (χ0) is 8.97. The van der Waals surface area contributed by atoms with Crippen molar-refractivity contribution in [2.24, 2.45) is 11.8 Å². The van der Waals surface area contributed by atoms with E-state index in [9.17, 15) is 4.79 Å². The number of Topliss-reactive ketones (excluding diaryl/α,β-unsaturated/α-hetero) is 1. The Balaban J connectivity index is 2.15. The van der Waals surface area contributed by atoms with Gasteiger partial charge in [-0.25, -0.2) is 0 Å². The van der Waals surface area contributed by atoms with Gasteiger partial charge in [0, 0.05) is 12.3 Å². The third-order valence-electron chi connectivity index (χ3n) is 2.89. The summed E-state index contributed by atoms with van der Waals surface area (Å²) in [7, 11) is 0. The second kappa shape index (κ2) is 4.64. The zero-order valence-corrected chi connectivity index (χ0v) is 8.31. The SMILES string of the molecule is CCCC(C)CC(=O)C1CCC1. The Morgan fingerprint density at radius 3 is 2.58 bits per heavy atom. The van der Waals surface area contributed by atoms with Gasteiger partial charge in [0.05, 0.1) is 0 Å². The van der Waals surface area contributed by atoms with Gasteiger partial charge in [-0.3, -0.25) is 4.79 Å².